The minimum absolute atomic E-state index is 0.332. The highest BCUT2D eigenvalue weighted by atomic mass is 32.2. The van der Waals surface area contributed by atoms with Crippen LogP contribution in [0.25, 0.3) is 0 Å². The second-order valence-corrected chi connectivity index (χ2v) is 9.20. The van der Waals surface area contributed by atoms with E-state index >= 15 is 0 Å². The van der Waals surface area contributed by atoms with Crippen molar-refractivity contribution in [1.29, 1.82) is 5.41 Å². The Kier molecular flexibility index (Phi) is 8.48. The lowest BCUT2D eigenvalue weighted by molar-refractivity contribution is 0.0680. The Morgan fingerprint density at radius 2 is 1.68 bits per heavy atom. The van der Waals surface area contributed by atoms with Crippen molar-refractivity contribution in [3.8, 4) is 0 Å². The molecule has 0 radical (unpaired) electrons. The molecule has 1 aliphatic rings. The molecule has 4 rings (SSSR count). The summed E-state index contributed by atoms with van der Waals surface area (Å²) < 4.78 is 8.69. The number of hydrogen-bond donors (Lipinski definition) is 5. The zero-order valence-corrected chi connectivity index (χ0v) is 20.3. The minimum atomic E-state index is -0.332. The van der Waals surface area contributed by atoms with Gasteiger partial charge in [0.05, 0.1) is 13.2 Å². The molecule has 1 saturated heterocycles. The number of ether oxygens (including phenoxy) is 1. The highest BCUT2D eigenvalue weighted by Gasteiger charge is 2.15. The van der Waals surface area contributed by atoms with Crippen LogP contribution in [0.5, 0.6) is 0 Å². The number of carbonyl (C=O) groups is 1. The second kappa shape index (κ2) is 11.9. The van der Waals surface area contributed by atoms with Crippen LogP contribution in [0.15, 0.2) is 82.6 Å². The molecule has 1 aliphatic heterocycles. The lowest BCUT2D eigenvalue weighted by atomic mass is 10.1. The fraction of sp³-hybridized carbons (Fsp3) is 0.200. The molecule has 0 bridgehead atoms. The molecular formula is C25H27N5O2S2. The van der Waals surface area contributed by atoms with Gasteiger partial charge < -0.3 is 20.3 Å². The Hall–Kier alpha value is -2.98. The molecule has 0 aliphatic carbocycles. The number of thiol groups is 1. The van der Waals surface area contributed by atoms with Gasteiger partial charge in [-0.1, -0.05) is 24.3 Å². The normalized spacial score (nSPS) is 13.4. The molecule has 1 heterocycles. The third kappa shape index (κ3) is 7.01. The zero-order chi connectivity index (χ0) is 23.8. The van der Waals surface area contributed by atoms with Gasteiger partial charge in [-0.25, -0.2) is 4.79 Å². The van der Waals surface area contributed by atoms with E-state index in [4.69, 9.17) is 10.1 Å². The maximum Gasteiger partial charge on any atom is 0.323 e. The summed E-state index contributed by atoms with van der Waals surface area (Å²) in [5.41, 5.74) is 3.28. The molecule has 0 aromatic heterocycles. The van der Waals surface area contributed by atoms with Crippen LogP contribution < -0.4 is 15.4 Å². The largest absolute Gasteiger partial charge is 0.378 e. The van der Waals surface area contributed by atoms with Crippen LogP contribution in [-0.2, 0) is 11.3 Å². The number of amides is 2. The smallest absolute Gasteiger partial charge is 0.323 e. The summed E-state index contributed by atoms with van der Waals surface area (Å²) in [6.07, 6.45) is 0. The van der Waals surface area contributed by atoms with E-state index in [1.807, 2.05) is 77.7 Å². The average molecular weight is 494 g/mol. The predicted molar refractivity (Wildman–Crippen MR) is 141 cm³/mol. The highest BCUT2D eigenvalue weighted by molar-refractivity contribution is 7.97. The van der Waals surface area contributed by atoms with Crippen LogP contribution in [-0.4, -0.2) is 43.1 Å². The molecular weight excluding hydrogens is 466 g/mol. The van der Waals surface area contributed by atoms with Crippen molar-refractivity contribution in [2.24, 2.45) is 0 Å². The Morgan fingerprint density at radius 3 is 2.41 bits per heavy atom. The molecule has 3 aromatic rings. The Balaban J connectivity index is 1.26. The number of amidine groups is 1. The average Bonchev–Trinajstić information content (AvgIpc) is 2.86. The van der Waals surface area contributed by atoms with E-state index in [-0.39, 0.29) is 6.03 Å². The van der Waals surface area contributed by atoms with E-state index in [0.717, 1.165) is 21.9 Å². The van der Waals surface area contributed by atoms with Crippen LogP contribution >= 0.6 is 24.6 Å². The summed E-state index contributed by atoms with van der Waals surface area (Å²) in [5.74, 6) is 0.438. The summed E-state index contributed by atoms with van der Waals surface area (Å²) in [4.78, 5) is 16.5. The van der Waals surface area contributed by atoms with Crippen molar-refractivity contribution in [2.45, 2.75) is 16.3 Å². The third-order valence-electron chi connectivity index (χ3n) is 5.24. The first-order chi connectivity index (χ1) is 16.6. The van der Waals surface area contributed by atoms with Crippen molar-refractivity contribution in [1.82, 2.24) is 9.62 Å². The summed E-state index contributed by atoms with van der Waals surface area (Å²) >= 11 is 5.84. The number of hydrogen-bond acceptors (Lipinski definition) is 6. The molecule has 176 valence electrons. The number of urea groups is 1. The third-order valence-corrected chi connectivity index (χ3v) is 6.33. The van der Waals surface area contributed by atoms with E-state index in [9.17, 15) is 4.79 Å². The van der Waals surface area contributed by atoms with Gasteiger partial charge in [-0.15, -0.1) is 12.6 Å². The van der Waals surface area contributed by atoms with E-state index in [2.05, 4.69) is 28.0 Å². The van der Waals surface area contributed by atoms with Crippen LogP contribution in [0.2, 0.25) is 0 Å². The van der Waals surface area contributed by atoms with Crippen molar-refractivity contribution in [3.63, 3.8) is 0 Å². The molecule has 2 amide bonds. The van der Waals surface area contributed by atoms with E-state index in [0.29, 0.717) is 43.5 Å². The first-order valence-corrected chi connectivity index (χ1v) is 12.2. The van der Waals surface area contributed by atoms with Gasteiger partial charge in [0.25, 0.3) is 0 Å². The first-order valence-electron chi connectivity index (χ1n) is 10.9. The number of morpholine rings is 1. The summed E-state index contributed by atoms with van der Waals surface area (Å²) in [6.45, 7) is 3.39. The predicted octanol–water partition coefficient (Wildman–Crippen LogP) is 5.07. The topological polar surface area (TPSA) is 89.5 Å². The molecule has 0 spiro atoms. The molecule has 7 nitrogen and oxygen atoms in total. The fourth-order valence-electron chi connectivity index (χ4n) is 3.43. The number of nitrogens with one attached hydrogen (secondary N) is 4. The maximum atomic E-state index is 12.5. The molecule has 0 saturated carbocycles. The van der Waals surface area contributed by atoms with Crippen molar-refractivity contribution in [3.05, 3.63) is 83.9 Å². The van der Waals surface area contributed by atoms with Crippen LogP contribution in [0, 0.1) is 5.41 Å². The van der Waals surface area contributed by atoms with Gasteiger partial charge in [0.1, 0.15) is 5.84 Å². The quantitative estimate of drug-likeness (QED) is 0.137. The van der Waals surface area contributed by atoms with Gasteiger partial charge in [-0.2, -0.15) is 0 Å². The lowest BCUT2D eigenvalue weighted by Crippen LogP contribution is -2.40. The molecule has 9 heteroatoms. The van der Waals surface area contributed by atoms with Gasteiger partial charge in [-0.3, -0.25) is 10.1 Å². The first kappa shape index (κ1) is 24.2. The number of benzene rings is 3. The zero-order valence-electron chi connectivity index (χ0n) is 18.6. The van der Waals surface area contributed by atoms with Crippen molar-refractivity contribution in [2.75, 3.05) is 36.9 Å². The summed E-state index contributed by atoms with van der Waals surface area (Å²) in [5, 5.41) is 14.1. The summed E-state index contributed by atoms with van der Waals surface area (Å²) in [7, 11) is 0. The maximum absolute atomic E-state index is 12.5. The molecule has 3 aromatic carbocycles. The standard InChI is InChI=1S/C25H27N5O2S2/c26-24(30-12-14-32-15-13-30)19-2-1-3-21(16-19)29-25(31)28-20-6-10-23(11-7-20)34-27-17-18-4-8-22(33)9-5-18/h1-11,16,26-27,33H,12-15,17H2,(H2,28,29,31). The van der Waals surface area contributed by atoms with Crippen LogP contribution in [0.3, 0.4) is 0 Å². The number of anilines is 2. The van der Waals surface area contributed by atoms with Gasteiger partial charge in [0.2, 0.25) is 0 Å². The van der Waals surface area contributed by atoms with Crippen molar-refractivity contribution < 1.29 is 9.53 Å². The van der Waals surface area contributed by atoms with Crippen LogP contribution in [0.4, 0.5) is 16.2 Å². The molecule has 4 N–H and O–H groups in total. The number of nitrogens with zero attached hydrogens (tertiary/aromatic N) is 1. The van der Waals surface area contributed by atoms with Gasteiger partial charge in [0, 0.05) is 46.4 Å². The van der Waals surface area contributed by atoms with Crippen molar-refractivity contribution >= 4 is 47.8 Å². The minimum Gasteiger partial charge on any atom is -0.378 e. The van der Waals surface area contributed by atoms with Gasteiger partial charge in [-0.05, 0) is 66.0 Å². The Morgan fingerprint density at radius 1 is 0.971 bits per heavy atom. The molecule has 0 unspecified atom stereocenters. The monoisotopic (exact) mass is 493 g/mol. The number of rotatable bonds is 7. The summed E-state index contributed by atoms with van der Waals surface area (Å²) in [6, 6.07) is 22.7. The Bertz CT molecular complexity index is 1120. The SMILES string of the molecule is N=C(c1cccc(NC(=O)Nc2ccc(SNCc3ccc(S)cc3)cc2)c1)N1CCOCC1. The fourth-order valence-corrected chi connectivity index (χ4v) is 4.26. The molecule has 34 heavy (non-hydrogen) atoms. The van der Waals surface area contributed by atoms with E-state index in [1.54, 1.807) is 0 Å². The second-order valence-electron chi connectivity index (χ2n) is 7.72. The Labute approximate surface area is 209 Å². The highest BCUT2D eigenvalue weighted by Crippen LogP contribution is 2.19. The van der Waals surface area contributed by atoms with Gasteiger partial charge in [0.15, 0.2) is 0 Å². The van der Waals surface area contributed by atoms with E-state index < -0.39 is 0 Å². The van der Waals surface area contributed by atoms with Gasteiger partial charge >= 0.3 is 6.03 Å². The van der Waals surface area contributed by atoms with Crippen LogP contribution in [0.1, 0.15) is 11.1 Å². The molecule has 0 atom stereocenters. The lowest BCUT2D eigenvalue weighted by Gasteiger charge is -2.29. The number of carbonyl (C=O) groups excluding carboxylic acids is 1. The van der Waals surface area contributed by atoms with E-state index in [1.165, 1.54) is 17.5 Å². The molecule has 1 fully saturated rings.